The second-order valence-corrected chi connectivity index (χ2v) is 5.14. The van der Waals surface area contributed by atoms with Crippen LogP contribution >= 0.6 is 34.5 Å². The molecule has 1 aromatic heterocycles. The smallest absolute Gasteiger partial charge is 0.0544 e. The molecule has 0 saturated heterocycles. The number of alkyl halides is 1. The highest BCUT2D eigenvalue weighted by Crippen LogP contribution is 2.25. The summed E-state index contributed by atoms with van der Waals surface area (Å²) in [7, 11) is 0. The molecular weight excluding hydrogens is 223 g/mol. The molecule has 1 atom stereocenters. The monoisotopic (exact) mass is 236 g/mol. The van der Waals surface area contributed by atoms with E-state index in [4.69, 9.17) is 23.2 Å². The molecule has 0 nitrogen and oxygen atoms in total. The maximum Gasteiger partial charge on any atom is 0.0544 e. The van der Waals surface area contributed by atoms with Crippen LogP contribution in [-0.4, -0.2) is 5.38 Å². The lowest BCUT2D eigenvalue weighted by molar-refractivity contribution is 0.679. The van der Waals surface area contributed by atoms with Crippen LogP contribution < -0.4 is 0 Å². The summed E-state index contributed by atoms with van der Waals surface area (Å²) in [6.07, 6.45) is 4.32. The Balaban J connectivity index is 2.30. The standard InChI is InChI=1S/C10H14Cl2S/c1-2-3-8(11)4-5-10-9(12)6-7-13-10/h6-8H,2-5H2,1H3. The number of aryl methyl sites for hydroxylation is 1. The average Bonchev–Trinajstić information content (AvgIpc) is 2.48. The molecule has 0 bridgehead atoms. The van der Waals surface area contributed by atoms with Crippen LogP contribution in [0.15, 0.2) is 11.4 Å². The van der Waals surface area contributed by atoms with Crippen molar-refractivity contribution in [1.82, 2.24) is 0 Å². The summed E-state index contributed by atoms with van der Waals surface area (Å²) in [5, 5.41) is 3.23. The van der Waals surface area contributed by atoms with Crippen LogP contribution in [0, 0.1) is 0 Å². The molecule has 13 heavy (non-hydrogen) atoms. The molecule has 0 radical (unpaired) electrons. The molecule has 0 aromatic carbocycles. The van der Waals surface area contributed by atoms with Crippen molar-refractivity contribution in [3.63, 3.8) is 0 Å². The third-order valence-electron chi connectivity index (χ3n) is 1.98. The second kappa shape index (κ2) is 5.90. The van der Waals surface area contributed by atoms with Gasteiger partial charge in [0.1, 0.15) is 0 Å². The summed E-state index contributed by atoms with van der Waals surface area (Å²) >= 11 is 13.8. The van der Waals surface area contributed by atoms with Crippen molar-refractivity contribution >= 4 is 34.5 Å². The van der Waals surface area contributed by atoms with Gasteiger partial charge < -0.3 is 0 Å². The van der Waals surface area contributed by atoms with Crippen LogP contribution in [0.25, 0.3) is 0 Å². The van der Waals surface area contributed by atoms with Gasteiger partial charge in [-0.15, -0.1) is 22.9 Å². The first-order valence-electron chi connectivity index (χ1n) is 4.60. The summed E-state index contributed by atoms with van der Waals surface area (Å²) in [6, 6.07) is 1.95. The number of thiophene rings is 1. The zero-order valence-electron chi connectivity index (χ0n) is 7.72. The molecule has 0 N–H and O–H groups in total. The maximum absolute atomic E-state index is 6.11. The minimum Gasteiger partial charge on any atom is -0.147 e. The van der Waals surface area contributed by atoms with Crippen molar-refractivity contribution < 1.29 is 0 Å². The van der Waals surface area contributed by atoms with E-state index < -0.39 is 0 Å². The van der Waals surface area contributed by atoms with Gasteiger partial charge in [0.25, 0.3) is 0 Å². The minimum absolute atomic E-state index is 0.308. The molecule has 3 heteroatoms. The largest absolute Gasteiger partial charge is 0.147 e. The summed E-state index contributed by atoms with van der Waals surface area (Å²) in [4.78, 5) is 1.27. The molecule has 0 aliphatic heterocycles. The fourth-order valence-corrected chi connectivity index (χ4v) is 2.73. The Kier molecular flexibility index (Phi) is 5.15. The van der Waals surface area contributed by atoms with Crippen LogP contribution in [0.1, 0.15) is 31.1 Å². The normalized spacial score (nSPS) is 13.2. The van der Waals surface area contributed by atoms with Gasteiger partial charge >= 0.3 is 0 Å². The Morgan fingerprint density at radius 2 is 2.23 bits per heavy atom. The number of hydrogen-bond donors (Lipinski definition) is 0. The van der Waals surface area contributed by atoms with Gasteiger partial charge in [-0.25, -0.2) is 0 Å². The third kappa shape index (κ3) is 3.88. The van der Waals surface area contributed by atoms with Crippen molar-refractivity contribution in [1.29, 1.82) is 0 Å². The Labute approximate surface area is 93.9 Å². The van der Waals surface area contributed by atoms with Crippen LogP contribution in [0.4, 0.5) is 0 Å². The van der Waals surface area contributed by atoms with Gasteiger partial charge in [-0.3, -0.25) is 0 Å². The third-order valence-corrected chi connectivity index (χ3v) is 3.86. The molecule has 1 rings (SSSR count). The van der Waals surface area contributed by atoms with Gasteiger partial charge in [0, 0.05) is 10.3 Å². The van der Waals surface area contributed by atoms with E-state index in [2.05, 4.69) is 6.92 Å². The molecule has 0 amide bonds. The minimum atomic E-state index is 0.308. The first kappa shape index (κ1) is 11.4. The molecular formula is C10H14Cl2S. The Hall–Kier alpha value is 0.280. The van der Waals surface area contributed by atoms with E-state index in [0.717, 1.165) is 30.7 Å². The Morgan fingerprint density at radius 3 is 2.77 bits per heavy atom. The predicted molar refractivity (Wildman–Crippen MR) is 62.2 cm³/mol. The van der Waals surface area contributed by atoms with Crippen molar-refractivity contribution in [2.75, 3.05) is 0 Å². The van der Waals surface area contributed by atoms with E-state index in [0.29, 0.717) is 5.38 Å². The zero-order valence-corrected chi connectivity index (χ0v) is 10.1. The number of halogens is 2. The van der Waals surface area contributed by atoms with E-state index in [-0.39, 0.29) is 0 Å². The number of rotatable bonds is 5. The van der Waals surface area contributed by atoms with Gasteiger partial charge in [-0.2, -0.15) is 0 Å². The van der Waals surface area contributed by atoms with Crippen LogP contribution in [0.3, 0.4) is 0 Å². The fourth-order valence-electron chi connectivity index (χ4n) is 1.25. The molecule has 1 unspecified atom stereocenters. The van der Waals surface area contributed by atoms with E-state index >= 15 is 0 Å². The summed E-state index contributed by atoms with van der Waals surface area (Å²) in [5.41, 5.74) is 0. The molecule has 0 spiro atoms. The molecule has 0 aliphatic carbocycles. The molecule has 0 fully saturated rings. The van der Waals surface area contributed by atoms with Crippen molar-refractivity contribution in [2.45, 2.75) is 38.0 Å². The van der Waals surface area contributed by atoms with Crippen LogP contribution in [-0.2, 0) is 6.42 Å². The highest BCUT2D eigenvalue weighted by molar-refractivity contribution is 7.10. The van der Waals surface area contributed by atoms with Gasteiger partial charge in [0.2, 0.25) is 0 Å². The highest BCUT2D eigenvalue weighted by Gasteiger charge is 2.06. The first-order valence-corrected chi connectivity index (χ1v) is 6.29. The van der Waals surface area contributed by atoms with Gasteiger partial charge in [-0.1, -0.05) is 24.9 Å². The lowest BCUT2D eigenvalue weighted by Crippen LogP contribution is -1.99. The average molecular weight is 237 g/mol. The quantitative estimate of drug-likeness (QED) is 0.649. The topological polar surface area (TPSA) is 0 Å². The van der Waals surface area contributed by atoms with Gasteiger partial charge in [0.15, 0.2) is 0 Å². The fraction of sp³-hybridized carbons (Fsp3) is 0.600. The van der Waals surface area contributed by atoms with E-state index in [1.807, 2.05) is 11.4 Å². The maximum atomic E-state index is 6.11. The van der Waals surface area contributed by atoms with E-state index in [1.54, 1.807) is 11.3 Å². The van der Waals surface area contributed by atoms with Crippen molar-refractivity contribution in [2.24, 2.45) is 0 Å². The molecule has 1 heterocycles. The summed E-state index contributed by atoms with van der Waals surface area (Å²) in [5.74, 6) is 0. The van der Waals surface area contributed by atoms with Crippen LogP contribution in [0.2, 0.25) is 5.02 Å². The van der Waals surface area contributed by atoms with Gasteiger partial charge in [0.05, 0.1) is 5.02 Å². The first-order chi connectivity index (χ1) is 6.24. The highest BCUT2D eigenvalue weighted by atomic mass is 35.5. The van der Waals surface area contributed by atoms with Crippen molar-refractivity contribution in [3.05, 3.63) is 21.3 Å². The lowest BCUT2D eigenvalue weighted by Gasteiger charge is -2.06. The van der Waals surface area contributed by atoms with E-state index in [1.165, 1.54) is 4.88 Å². The summed E-state index contributed by atoms with van der Waals surface area (Å²) in [6.45, 7) is 2.16. The molecule has 0 saturated carbocycles. The predicted octanol–water partition coefficient (Wildman–Crippen LogP) is 4.74. The van der Waals surface area contributed by atoms with E-state index in [9.17, 15) is 0 Å². The molecule has 1 aromatic rings. The molecule has 0 aliphatic rings. The Bertz CT molecular complexity index is 245. The lowest BCUT2D eigenvalue weighted by atomic mass is 10.1. The molecule has 74 valence electrons. The zero-order chi connectivity index (χ0) is 9.68. The van der Waals surface area contributed by atoms with Crippen LogP contribution in [0.5, 0.6) is 0 Å². The van der Waals surface area contributed by atoms with Crippen molar-refractivity contribution in [3.8, 4) is 0 Å². The Morgan fingerprint density at radius 1 is 1.46 bits per heavy atom. The number of hydrogen-bond acceptors (Lipinski definition) is 1. The summed E-state index contributed by atoms with van der Waals surface area (Å²) < 4.78 is 0. The second-order valence-electron chi connectivity index (χ2n) is 3.12. The SMILES string of the molecule is CCCC(Cl)CCc1sccc1Cl. The van der Waals surface area contributed by atoms with Gasteiger partial charge in [-0.05, 0) is 30.7 Å².